The highest BCUT2D eigenvalue weighted by Crippen LogP contribution is 2.38. The Bertz CT molecular complexity index is 967. The molecule has 1 atom stereocenters. The topological polar surface area (TPSA) is 59.6 Å². The number of carbonyl (C=O) groups is 1. The predicted molar refractivity (Wildman–Crippen MR) is 122 cm³/mol. The number of nitrogens with one attached hydrogen (secondary N) is 2. The van der Waals surface area contributed by atoms with Gasteiger partial charge in [0.15, 0.2) is 17.0 Å². The maximum atomic E-state index is 12.4. The molecule has 1 fully saturated rings. The van der Waals surface area contributed by atoms with Gasteiger partial charge in [0.25, 0.3) is 5.91 Å². The third-order valence-corrected chi connectivity index (χ3v) is 5.86. The Labute approximate surface area is 183 Å². The summed E-state index contributed by atoms with van der Waals surface area (Å²) in [6.45, 7) is 2.26. The van der Waals surface area contributed by atoms with E-state index in [1.165, 1.54) is 17.3 Å². The lowest BCUT2D eigenvalue weighted by Gasteiger charge is -2.13. The molecule has 7 heteroatoms. The van der Waals surface area contributed by atoms with Crippen LogP contribution in [0.3, 0.4) is 0 Å². The largest absolute Gasteiger partial charge is 0.493 e. The molecule has 0 radical (unpaired) electrons. The zero-order valence-electron chi connectivity index (χ0n) is 16.1. The van der Waals surface area contributed by atoms with Crippen molar-refractivity contribution >= 4 is 45.4 Å². The Morgan fingerprint density at radius 3 is 2.76 bits per heavy atom. The lowest BCUT2D eigenvalue weighted by Crippen LogP contribution is -2.30. The van der Waals surface area contributed by atoms with E-state index in [4.69, 9.17) is 15.9 Å². The maximum absolute atomic E-state index is 12.4. The molecule has 3 rings (SSSR count). The summed E-state index contributed by atoms with van der Waals surface area (Å²) in [7, 11) is 1.56. The van der Waals surface area contributed by atoms with Gasteiger partial charge in [0.1, 0.15) is 6.61 Å². The number of ether oxygens (including phenoxy) is 2. The first-order valence-corrected chi connectivity index (χ1v) is 10.7. The van der Waals surface area contributed by atoms with Crippen LogP contribution >= 0.6 is 27.7 Å². The van der Waals surface area contributed by atoms with Crippen LogP contribution in [-0.2, 0) is 11.2 Å². The second-order valence-corrected chi connectivity index (χ2v) is 8.20. The van der Waals surface area contributed by atoms with Crippen molar-refractivity contribution in [1.29, 1.82) is 0 Å². The van der Waals surface area contributed by atoms with Crippen molar-refractivity contribution in [2.75, 3.05) is 19.0 Å². The van der Waals surface area contributed by atoms with Crippen LogP contribution in [0.25, 0.3) is 6.08 Å². The van der Waals surface area contributed by atoms with E-state index in [1.54, 1.807) is 7.11 Å². The lowest BCUT2D eigenvalue weighted by atomic mass is 10.1. The van der Waals surface area contributed by atoms with Crippen molar-refractivity contribution < 1.29 is 14.3 Å². The Morgan fingerprint density at radius 2 is 2.10 bits per heavy atom. The van der Waals surface area contributed by atoms with Crippen molar-refractivity contribution in [2.45, 2.75) is 18.8 Å². The van der Waals surface area contributed by atoms with Gasteiger partial charge in [-0.15, -0.1) is 6.42 Å². The van der Waals surface area contributed by atoms with Crippen molar-refractivity contribution in [1.82, 2.24) is 5.32 Å². The fourth-order valence-corrected chi connectivity index (χ4v) is 4.34. The SMILES string of the molecule is C#CCOc1c(Br)cc(/C=C2\S[C@H](Nc3ccc(CC)cc3)NC2=O)cc1OC. The molecule has 1 aliphatic heterocycles. The van der Waals surface area contributed by atoms with Crippen LogP contribution in [0.4, 0.5) is 5.69 Å². The van der Waals surface area contributed by atoms with E-state index in [-0.39, 0.29) is 18.0 Å². The van der Waals surface area contributed by atoms with Gasteiger partial charge in [0, 0.05) is 5.69 Å². The second-order valence-electron chi connectivity index (χ2n) is 6.20. The number of halogens is 1. The highest BCUT2D eigenvalue weighted by Gasteiger charge is 2.27. The standard InChI is InChI=1S/C22H21BrN2O3S/c1-4-10-28-20-17(23)11-15(12-18(20)27-3)13-19-21(26)25-22(29-19)24-16-8-6-14(5-2)7-9-16/h1,6-9,11-13,22,24H,5,10H2,2-3H3,(H,25,26)/b19-13-/t22-/m1/s1. The van der Waals surface area contributed by atoms with E-state index in [2.05, 4.69) is 51.5 Å². The van der Waals surface area contributed by atoms with Gasteiger partial charge in [-0.3, -0.25) is 4.79 Å². The van der Waals surface area contributed by atoms with Gasteiger partial charge >= 0.3 is 0 Å². The summed E-state index contributed by atoms with van der Waals surface area (Å²) in [5.74, 6) is 3.38. The normalized spacial score (nSPS) is 17.0. The zero-order chi connectivity index (χ0) is 20.8. The molecule has 29 heavy (non-hydrogen) atoms. The first-order chi connectivity index (χ1) is 14.0. The number of rotatable bonds is 7. The van der Waals surface area contributed by atoms with E-state index in [0.717, 1.165) is 17.7 Å². The summed E-state index contributed by atoms with van der Waals surface area (Å²) < 4.78 is 11.6. The number of anilines is 1. The Kier molecular flexibility index (Phi) is 7.13. The number of thioether (sulfide) groups is 1. The minimum atomic E-state index is -0.232. The third-order valence-electron chi connectivity index (χ3n) is 4.24. The van der Waals surface area contributed by atoms with Gasteiger partial charge in [0.05, 0.1) is 16.5 Å². The molecule has 0 saturated carbocycles. The van der Waals surface area contributed by atoms with E-state index >= 15 is 0 Å². The molecule has 150 valence electrons. The minimum absolute atomic E-state index is 0.125. The van der Waals surface area contributed by atoms with Gasteiger partial charge < -0.3 is 20.1 Å². The minimum Gasteiger partial charge on any atom is -0.493 e. The summed E-state index contributed by atoms with van der Waals surface area (Å²) in [4.78, 5) is 13.0. The lowest BCUT2D eigenvalue weighted by molar-refractivity contribution is -0.116. The molecule has 1 heterocycles. The molecular weight excluding hydrogens is 452 g/mol. The summed E-state index contributed by atoms with van der Waals surface area (Å²) in [6, 6.07) is 11.9. The van der Waals surface area contributed by atoms with Crippen LogP contribution in [0.1, 0.15) is 18.1 Å². The van der Waals surface area contributed by atoms with Gasteiger partial charge in [-0.05, 0) is 63.8 Å². The van der Waals surface area contributed by atoms with Gasteiger partial charge in [-0.2, -0.15) is 0 Å². The Morgan fingerprint density at radius 1 is 1.34 bits per heavy atom. The molecule has 2 aromatic carbocycles. The van der Waals surface area contributed by atoms with Crippen LogP contribution in [0.5, 0.6) is 11.5 Å². The smallest absolute Gasteiger partial charge is 0.260 e. The number of benzene rings is 2. The summed E-state index contributed by atoms with van der Waals surface area (Å²) >= 11 is 4.91. The summed E-state index contributed by atoms with van der Waals surface area (Å²) in [5.41, 5.74) is 2.81. The number of amides is 1. The van der Waals surface area contributed by atoms with Gasteiger partial charge in [-0.25, -0.2) is 0 Å². The fraction of sp³-hybridized carbons (Fsp3) is 0.227. The zero-order valence-corrected chi connectivity index (χ0v) is 18.5. The molecule has 5 nitrogen and oxygen atoms in total. The van der Waals surface area contributed by atoms with Crippen LogP contribution in [0.2, 0.25) is 0 Å². The average molecular weight is 473 g/mol. The van der Waals surface area contributed by atoms with Crippen LogP contribution < -0.4 is 20.1 Å². The number of methoxy groups -OCH3 is 1. The number of aryl methyl sites for hydroxylation is 1. The van der Waals surface area contributed by atoms with Gasteiger partial charge in [-0.1, -0.05) is 36.7 Å². The molecule has 0 spiro atoms. The molecule has 0 aliphatic carbocycles. The van der Waals surface area contributed by atoms with Crippen molar-refractivity contribution in [2.24, 2.45) is 0 Å². The summed E-state index contributed by atoms with van der Waals surface area (Å²) in [5, 5.41) is 6.26. The monoisotopic (exact) mass is 472 g/mol. The Balaban J connectivity index is 1.75. The van der Waals surface area contributed by atoms with Crippen LogP contribution in [0, 0.1) is 12.3 Å². The number of carbonyl (C=O) groups excluding carboxylic acids is 1. The molecule has 1 amide bonds. The molecular formula is C22H21BrN2O3S. The molecule has 0 unspecified atom stereocenters. The maximum Gasteiger partial charge on any atom is 0.260 e. The molecule has 1 saturated heterocycles. The number of hydrogen-bond donors (Lipinski definition) is 2. The quantitative estimate of drug-likeness (QED) is 0.454. The highest BCUT2D eigenvalue weighted by molar-refractivity contribution is 9.10. The van der Waals surface area contributed by atoms with E-state index in [0.29, 0.717) is 20.9 Å². The Hall–Kier alpha value is -2.56. The number of terminal acetylenes is 1. The van der Waals surface area contributed by atoms with Crippen LogP contribution in [0.15, 0.2) is 45.8 Å². The molecule has 0 bridgehead atoms. The number of hydrogen-bond acceptors (Lipinski definition) is 5. The van der Waals surface area contributed by atoms with Gasteiger partial charge in [0.2, 0.25) is 0 Å². The highest BCUT2D eigenvalue weighted by atomic mass is 79.9. The van der Waals surface area contributed by atoms with Crippen molar-refractivity contribution in [3.63, 3.8) is 0 Å². The summed E-state index contributed by atoms with van der Waals surface area (Å²) in [6.07, 6.45) is 8.07. The van der Waals surface area contributed by atoms with Crippen molar-refractivity contribution in [3.8, 4) is 23.8 Å². The first-order valence-electron chi connectivity index (χ1n) is 9.02. The van der Waals surface area contributed by atoms with E-state index in [9.17, 15) is 4.79 Å². The van der Waals surface area contributed by atoms with E-state index < -0.39 is 0 Å². The molecule has 1 aliphatic rings. The molecule has 0 aromatic heterocycles. The molecule has 2 aromatic rings. The van der Waals surface area contributed by atoms with E-state index in [1.807, 2.05) is 30.3 Å². The average Bonchev–Trinajstić information content (AvgIpc) is 3.06. The third kappa shape index (κ3) is 5.28. The first kappa shape index (κ1) is 21.2. The predicted octanol–water partition coefficient (Wildman–Crippen LogP) is 4.63. The van der Waals surface area contributed by atoms with Crippen LogP contribution in [-0.4, -0.2) is 25.1 Å². The molecule has 2 N–H and O–H groups in total. The fourth-order valence-electron chi connectivity index (χ4n) is 2.78. The van der Waals surface area contributed by atoms with Crippen molar-refractivity contribution in [3.05, 3.63) is 56.9 Å². The second kappa shape index (κ2) is 9.77.